The molecule has 0 saturated carbocycles. The Balaban J connectivity index is 0.000000581. The summed E-state index contributed by atoms with van der Waals surface area (Å²) in [5.41, 5.74) is 0. The molecule has 2 aromatic rings. The van der Waals surface area contributed by atoms with Crippen molar-refractivity contribution in [3.8, 4) is 30.6 Å². The first-order chi connectivity index (χ1) is 21.0. The van der Waals surface area contributed by atoms with E-state index < -0.39 is 0 Å². The summed E-state index contributed by atoms with van der Waals surface area (Å²) in [4.78, 5) is 2.35. The fourth-order valence-corrected chi connectivity index (χ4v) is 9.04. The van der Waals surface area contributed by atoms with Crippen LogP contribution in [-0.4, -0.2) is 57.0 Å². The SMILES string of the molecule is C#CC=S1CCCCC1.CCCCS(=CC#N)CCCC.CS(C)=CC#N.N#CC=S(c1ccccc1)c1ccccc1. The van der Waals surface area contributed by atoms with Crippen LogP contribution in [0.5, 0.6) is 0 Å². The highest BCUT2D eigenvalue weighted by Crippen LogP contribution is 2.34. The minimum Gasteiger partial charge on any atom is -0.193 e. The third kappa shape index (κ3) is 22.5. The Bertz CT molecular complexity index is 1250. The van der Waals surface area contributed by atoms with Crippen LogP contribution in [0.1, 0.15) is 58.8 Å². The third-order valence-corrected chi connectivity index (χ3v) is 12.4. The molecule has 0 amide bonds. The first-order valence-electron chi connectivity index (χ1n) is 14.7. The van der Waals surface area contributed by atoms with Crippen molar-refractivity contribution in [2.24, 2.45) is 0 Å². The lowest BCUT2D eigenvalue weighted by molar-refractivity contribution is 0.764. The summed E-state index contributed by atoms with van der Waals surface area (Å²) in [6.07, 6.45) is 18.4. The molecule has 1 saturated heterocycles. The van der Waals surface area contributed by atoms with Crippen LogP contribution in [0, 0.1) is 46.3 Å². The predicted molar refractivity (Wildman–Crippen MR) is 205 cm³/mol. The van der Waals surface area contributed by atoms with Gasteiger partial charge in [-0.15, -0.1) is 16.9 Å². The van der Waals surface area contributed by atoms with Gasteiger partial charge in [-0.05, 0) is 85.5 Å². The van der Waals surface area contributed by atoms with Crippen molar-refractivity contribution in [2.75, 3.05) is 35.5 Å². The molecule has 3 nitrogen and oxygen atoms in total. The van der Waals surface area contributed by atoms with Crippen molar-refractivity contribution in [3.05, 3.63) is 60.7 Å². The second-order valence-corrected chi connectivity index (χ2v) is 17.6. The van der Waals surface area contributed by atoms with Gasteiger partial charge in [0.2, 0.25) is 0 Å². The topological polar surface area (TPSA) is 71.4 Å². The summed E-state index contributed by atoms with van der Waals surface area (Å²) < 4.78 is 0. The number of terminal acetylenes is 1. The molecule has 232 valence electrons. The van der Waals surface area contributed by atoms with Gasteiger partial charge in [0.1, 0.15) is 0 Å². The van der Waals surface area contributed by atoms with E-state index in [1.807, 2.05) is 65.7 Å². The highest BCUT2D eigenvalue weighted by molar-refractivity contribution is 8.16. The van der Waals surface area contributed by atoms with Crippen LogP contribution in [0.4, 0.5) is 0 Å². The number of benzene rings is 2. The van der Waals surface area contributed by atoms with Gasteiger partial charge in [-0.25, -0.2) is 0 Å². The Labute approximate surface area is 273 Å². The van der Waals surface area contributed by atoms with E-state index >= 15 is 0 Å². The lowest BCUT2D eigenvalue weighted by atomic mass is 10.3. The van der Waals surface area contributed by atoms with E-state index in [9.17, 15) is 0 Å². The Hall–Kier alpha value is -2.65. The smallest absolute Gasteiger partial charge is 0.0980 e. The van der Waals surface area contributed by atoms with Gasteiger partial charge in [-0.3, -0.25) is 0 Å². The van der Waals surface area contributed by atoms with Crippen LogP contribution in [-0.2, 0) is 0 Å². The largest absolute Gasteiger partial charge is 0.193 e. The molecule has 0 bridgehead atoms. The van der Waals surface area contributed by atoms with E-state index in [-0.39, 0.29) is 31.5 Å². The number of nitrogens with zero attached hydrogens (tertiary/aromatic N) is 3. The highest BCUT2D eigenvalue weighted by Gasteiger charge is 2.02. The third-order valence-electron chi connectivity index (χ3n) is 5.74. The molecule has 2 aromatic carbocycles. The van der Waals surface area contributed by atoms with Crippen molar-refractivity contribution in [1.29, 1.82) is 15.8 Å². The fraction of sp³-hybridized carbons (Fsp3) is 0.417. The molecule has 0 aliphatic carbocycles. The van der Waals surface area contributed by atoms with Crippen molar-refractivity contribution >= 4 is 63.4 Å². The van der Waals surface area contributed by atoms with E-state index in [4.69, 9.17) is 22.2 Å². The van der Waals surface area contributed by atoms with Crippen LogP contribution in [0.25, 0.3) is 0 Å². The first kappa shape index (κ1) is 40.4. The maximum absolute atomic E-state index is 8.86. The second kappa shape index (κ2) is 29.4. The molecule has 0 aromatic heterocycles. The zero-order valence-corrected chi connectivity index (χ0v) is 29.7. The van der Waals surface area contributed by atoms with Crippen LogP contribution >= 0.6 is 41.9 Å². The molecule has 1 heterocycles. The summed E-state index contributed by atoms with van der Waals surface area (Å²) in [6, 6.07) is 26.5. The Morgan fingerprint density at radius 3 is 1.53 bits per heavy atom. The van der Waals surface area contributed by atoms with Gasteiger partial charge in [0.05, 0.1) is 18.2 Å². The van der Waals surface area contributed by atoms with E-state index in [2.05, 4.69) is 56.2 Å². The summed E-state index contributed by atoms with van der Waals surface area (Å²) >= 11 is 0. The van der Waals surface area contributed by atoms with Crippen molar-refractivity contribution in [3.63, 3.8) is 0 Å². The van der Waals surface area contributed by atoms with E-state index in [0.29, 0.717) is 10.5 Å². The molecule has 1 aliphatic heterocycles. The zero-order chi connectivity index (χ0) is 32.0. The highest BCUT2D eigenvalue weighted by atomic mass is 32.2. The van der Waals surface area contributed by atoms with Crippen LogP contribution in [0.2, 0.25) is 0 Å². The number of unbranched alkanes of at least 4 members (excludes halogenated alkanes) is 2. The van der Waals surface area contributed by atoms with Crippen molar-refractivity contribution < 1.29 is 0 Å². The predicted octanol–water partition coefficient (Wildman–Crippen LogP) is 9.60. The molecule has 0 radical (unpaired) electrons. The standard InChI is InChI=1S/C14H11NS.C10H19NS.C8H12S.C4H7NS/c15-11-12-16(13-7-3-1-4-8-13)14-9-5-2-6-10-14;1-3-5-8-12(10-7-11)9-6-4-2;1-2-6-9-7-4-3-5-8-9;1-6(2)4-3-5/h1-10,12H;10H,3-6,8-9H2,1-2H3;1,6H,3-5,7-8H2;4H,1-2H3. The van der Waals surface area contributed by atoms with E-state index in [0.717, 1.165) is 0 Å². The maximum Gasteiger partial charge on any atom is 0.0980 e. The number of rotatable bonds is 8. The molecule has 0 unspecified atom stereocenters. The summed E-state index contributed by atoms with van der Waals surface area (Å²) in [6.45, 7) is 4.40. The summed E-state index contributed by atoms with van der Waals surface area (Å²) in [7, 11) is 0.745. The molecule has 7 heteroatoms. The summed E-state index contributed by atoms with van der Waals surface area (Å²) in [5.74, 6) is 7.78. The molecular formula is C36H49N3S4. The van der Waals surface area contributed by atoms with Gasteiger partial charge in [-0.2, -0.15) is 47.2 Å². The van der Waals surface area contributed by atoms with Gasteiger partial charge in [0.15, 0.2) is 0 Å². The lowest BCUT2D eigenvalue weighted by Gasteiger charge is -2.13. The Morgan fingerprint density at radius 2 is 1.19 bits per heavy atom. The maximum atomic E-state index is 8.86. The number of hydrogen-bond acceptors (Lipinski definition) is 3. The average molecular weight is 652 g/mol. The molecule has 43 heavy (non-hydrogen) atoms. The fourth-order valence-electron chi connectivity index (χ4n) is 3.59. The lowest BCUT2D eigenvalue weighted by Crippen LogP contribution is -1.97. The number of nitriles is 3. The minimum atomic E-state index is -0.237. The minimum absolute atomic E-state index is 0.198. The van der Waals surface area contributed by atoms with Crippen LogP contribution in [0.3, 0.4) is 0 Å². The average Bonchev–Trinajstić information content (AvgIpc) is 3.03. The van der Waals surface area contributed by atoms with Crippen LogP contribution in [0.15, 0.2) is 70.5 Å². The molecule has 0 atom stereocenters. The zero-order valence-electron chi connectivity index (χ0n) is 26.4. The quantitative estimate of drug-likeness (QED) is 0.211. The second-order valence-electron chi connectivity index (χ2n) is 9.53. The van der Waals surface area contributed by atoms with Gasteiger partial charge in [-0.1, -0.05) is 75.4 Å². The van der Waals surface area contributed by atoms with E-state index in [1.165, 1.54) is 77.7 Å². The summed E-state index contributed by atoms with van der Waals surface area (Å²) in [5, 5.41) is 32.5. The molecule has 3 rings (SSSR count). The van der Waals surface area contributed by atoms with Gasteiger partial charge >= 0.3 is 0 Å². The molecular weight excluding hydrogens is 603 g/mol. The molecule has 1 aliphatic rings. The monoisotopic (exact) mass is 651 g/mol. The van der Waals surface area contributed by atoms with Crippen molar-refractivity contribution in [1.82, 2.24) is 0 Å². The molecule has 0 N–H and O–H groups in total. The van der Waals surface area contributed by atoms with Gasteiger partial charge in [0.25, 0.3) is 0 Å². The van der Waals surface area contributed by atoms with Gasteiger partial charge < -0.3 is 0 Å². The normalized spacial score (nSPS) is 11.8. The Morgan fingerprint density at radius 1 is 0.721 bits per heavy atom. The van der Waals surface area contributed by atoms with Crippen molar-refractivity contribution in [2.45, 2.75) is 68.6 Å². The van der Waals surface area contributed by atoms with Crippen LogP contribution < -0.4 is 0 Å². The number of hydrogen-bond donors (Lipinski definition) is 0. The molecule has 1 fully saturated rings. The Kier molecular flexibility index (Phi) is 27.6. The first-order valence-corrected chi connectivity index (χ1v) is 21.3. The van der Waals surface area contributed by atoms with E-state index in [1.54, 1.807) is 10.7 Å². The molecule has 0 spiro atoms. The van der Waals surface area contributed by atoms with Gasteiger partial charge in [0, 0.05) is 31.3 Å².